The Morgan fingerprint density at radius 3 is 2.40 bits per heavy atom. The molecule has 0 aliphatic carbocycles. The van der Waals surface area contributed by atoms with E-state index in [2.05, 4.69) is 0 Å². The third kappa shape index (κ3) is 3.93. The van der Waals surface area contributed by atoms with E-state index in [0.29, 0.717) is 0 Å². The van der Waals surface area contributed by atoms with Crippen molar-refractivity contribution in [2.45, 2.75) is 25.5 Å². The van der Waals surface area contributed by atoms with Crippen LogP contribution in [-0.2, 0) is 9.84 Å². The fourth-order valence-corrected chi connectivity index (χ4v) is 2.25. The summed E-state index contributed by atoms with van der Waals surface area (Å²) >= 11 is 0. The summed E-state index contributed by atoms with van der Waals surface area (Å²) in [6.45, 7) is 4.64. The molecule has 0 heterocycles. The molecular formula is C13H17FO5S. The Kier molecular flexibility index (Phi) is 4.75. The van der Waals surface area contributed by atoms with Gasteiger partial charge in [0, 0.05) is 6.07 Å². The molecule has 1 aromatic carbocycles. The van der Waals surface area contributed by atoms with Gasteiger partial charge in [0.05, 0.1) is 16.1 Å². The molecule has 1 aromatic rings. The van der Waals surface area contributed by atoms with Crippen LogP contribution < -0.4 is 4.74 Å². The SMILES string of the molecule is CC(C)(C)S(=O)(=O)CCOc1ccc(C(=O)O)c(F)c1. The first kappa shape index (κ1) is 16.4. The van der Waals surface area contributed by atoms with Gasteiger partial charge in [0.1, 0.15) is 18.2 Å². The molecular weight excluding hydrogens is 287 g/mol. The van der Waals surface area contributed by atoms with Crippen LogP contribution in [0.2, 0.25) is 0 Å². The fourth-order valence-electron chi connectivity index (χ4n) is 1.33. The standard InChI is InChI=1S/C13H17FO5S/c1-13(2,3)20(17,18)7-6-19-9-4-5-10(12(15)16)11(14)8-9/h4-5,8H,6-7H2,1-3H3,(H,15,16). The molecule has 5 nitrogen and oxygen atoms in total. The maximum atomic E-state index is 13.4. The quantitative estimate of drug-likeness (QED) is 0.901. The average molecular weight is 304 g/mol. The largest absolute Gasteiger partial charge is 0.492 e. The molecule has 0 aliphatic rings. The molecule has 20 heavy (non-hydrogen) atoms. The van der Waals surface area contributed by atoms with Gasteiger partial charge in [0.25, 0.3) is 0 Å². The van der Waals surface area contributed by atoms with E-state index in [4.69, 9.17) is 9.84 Å². The lowest BCUT2D eigenvalue weighted by Crippen LogP contribution is -2.32. The molecule has 0 atom stereocenters. The van der Waals surface area contributed by atoms with E-state index in [1.165, 1.54) is 6.07 Å². The number of hydrogen-bond donors (Lipinski definition) is 1. The first-order chi connectivity index (χ1) is 9.04. The lowest BCUT2D eigenvalue weighted by molar-refractivity contribution is 0.0692. The number of sulfone groups is 1. The van der Waals surface area contributed by atoms with E-state index in [0.717, 1.165) is 12.1 Å². The number of carbonyl (C=O) groups is 1. The summed E-state index contributed by atoms with van der Waals surface area (Å²) in [7, 11) is -3.31. The monoisotopic (exact) mass is 304 g/mol. The highest BCUT2D eigenvalue weighted by Gasteiger charge is 2.28. The topological polar surface area (TPSA) is 80.7 Å². The van der Waals surface area contributed by atoms with Crippen LogP contribution in [0.1, 0.15) is 31.1 Å². The molecule has 7 heteroatoms. The van der Waals surface area contributed by atoms with Gasteiger partial charge < -0.3 is 9.84 Å². The van der Waals surface area contributed by atoms with Crippen molar-refractivity contribution >= 4 is 15.8 Å². The minimum atomic E-state index is -3.31. The summed E-state index contributed by atoms with van der Waals surface area (Å²) in [4.78, 5) is 10.6. The van der Waals surface area contributed by atoms with Crippen molar-refractivity contribution in [1.82, 2.24) is 0 Å². The molecule has 0 saturated heterocycles. The Morgan fingerprint density at radius 1 is 1.35 bits per heavy atom. The molecule has 0 fully saturated rings. The van der Waals surface area contributed by atoms with Crippen LogP contribution in [0.25, 0.3) is 0 Å². The molecule has 112 valence electrons. The molecule has 1 N–H and O–H groups in total. The molecule has 0 aliphatic heterocycles. The van der Waals surface area contributed by atoms with Crippen molar-refractivity contribution in [3.63, 3.8) is 0 Å². The Labute approximate surface area is 117 Å². The van der Waals surface area contributed by atoms with Crippen LogP contribution in [0.5, 0.6) is 5.75 Å². The predicted octanol–water partition coefficient (Wildman–Crippen LogP) is 2.12. The number of hydrogen-bond acceptors (Lipinski definition) is 4. The van der Waals surface area contributed by atoms with E-state index in [1.807, 2.05) is 0 Å². The van der Waals surface area contributed by atoms with Gasteiger partial charge >= 0.3 is 5.97 Å². The summed E-state index contributed by atoms with van der Waals surface area (Å²) in [5.41, 5.74) is -0.459. The summed E-state index contributed by atoms with van der Waals surface area (Å²) in [5.74, 6) is -2.40. The van der Waals surface area contributed by atoms with Crippen molar-refractivity contribution in [3.8, 4) is 5.75 Å². The van der Waals surface area contributed by atoms with E-state index in [1.54, 1.807) is 20.8 Å². The Balaban J connectivity index is 2.69. The first-order valence-electron chi connectivity index (χ1n) is 5.92. The van der Waals surface area contributed by atoms with E-state index in [9.17, 15) is 17.6 Å². The predicted molar refractivity (Wildman–Crippen MR) is 72.4 cm³/mol. The lowest BCUT2D eigenvalue weighted by Gasteiger charge is -2.19. The highest BCUT2D eigenvalue weighted by atomic mass is 32.2. The second-order valence-electron chi connectivity index (χ2n) is 5.23. The third-order valence-electron chi connectivity index (χ3n) is 2.72. The first-order valence-corrected chi connectivity index (χ1v) is 7.58. The molecule has 0 bridgehead atoms. The molecule has 0 unspecified atom stereocenters. The molecule has 0 amide bonds. The van der Waals surface area contributed by atoms with Crippen LogP contribution in [0.4, 0.5) is 4.39 Å². The zero-order chi connectivity index (χ0) is 15.6. The van der Waals surface area contributed by atoms with Gasteiger partial charge in [-0.05, 0) is 32.9 Å². The van der Waals surface area contributed by atoms with Crippen molar-refractivity contribution in [1.29, 1.82) is 0 Å². The number of ether oxygens (including phenoxy) is 1. The molecule has 0 saturated carbocycles. The summed E-state index contributed by atoms with van der Waals surface area (Å²) in [5, 5.41) is 8.67. The van der Waals surface area contributed by atoms with Crippen LogP contribution in [0.15, 0.2) is 18.2 Å². The zero-order valence-corrected chi connectivity index (χ0v) is 12.3. The number of carboxylic acid groups (broad SMARTS) is 1. The van der Waals surface area contributed by atoms with Crippen LogP contribution in [0, 0.1) is 5.82 Å². The van der Waals surface area contributed by atoms with E-state index >= 15 is 0 Å². The number of halogens is 1. The fraction of sp³-hybridized carbons (Fsp3) is 0.462. The van der Waals surface area contributed by atoms with E-state index < -0.39 is 31.9 Å². The minimum absolute atomic E-state index is 0.0941. The Morgan fingerprint density at radius 2 is 1.95 bits per heavy atom. The summed E-state index contributed by atoms with van der Waals surface area (Å²) in [6, 6.07) is 3.29. The highest BCUT2D eigenvalue weighted by molar-refractivity contribution is 7.92. The summed E-state index contributed by atoms with van der Waals surface area (Å²) < 4.78 is 41.3. The number of carboxylic acids is 1. The lowest BCUT2D eigenvalue weighted by atomic mass is 10.2. The number of benzene rings is 1. The molecule has 0 aromatic heterocycles. The van der Waals surface area contributed by atoms with Crippen LogP contribution >= 0.6 is 0 Å². The molecule has 1 rings (SSSR count). The van der Waals surface area contributed by atoms with Gasteiger partial charge in [0.2, 0.25) is 0 Å². The maximum absolute atomic E-state index is 13.4. The Bertz CT molecular complexity index is 602. The van der Waals surface area contributed by atoms with Crippen molar-refractivity contribution in [2.24, 2.45) is 0 Å². The van der Waals surface area contributed by atoms with Crippen molar-refractivity contribution in [3.05, 3.63) is 29.6 Å². The average Bonchev–Trinajstić information content (AvgIpc) is 2.26. The van der Waals surface area contributed by atoms with Crippen molar-refractivity contribution in [2.75, 3.05) is 12.4 Å². The van der Waals surface area contributed by atoms with Crippen molar-refractivity contribution < 1.29 is 27.4 Å². The van der Waals surface area contributed by atoms with Gasteiger partial charge in [0.15, 0.2) is 9.84 Å². The minimum Gasteiger partial charge on any atom is -0.492 e. The van der Waals surface area contributed by atoms with Gasteiger partial charge in [-0.3, -0.25) is 0 Å². The van der Waals surface area contributed by atoms with Gasteiger partial charge in [-0.2, -0.15) is 0 Å². The van der Waals surface area contributed by atoms with Gasteiger partial charge in [-0.25, -0.2) is 17.6 Å². The smallest absolute Gasteiger partial charge is 0.338 e. The van der Waals surface area contributed by atoms with Gasteiger partial charge in [-0.1, -0.05) is 0 Å². The van der Waals surface area contributed by atoms with Gasteiger partial charge in [-0.15, -0.1) is 0 Å². The second-order valence-corrected chi connectivity index (χ2v) is 8.09. The second kappa shape index (κ2) is 5.78. The zero-order valence-electron chi connectivity index (χ0n) is 11.5. The molecule has 0 spiro atoms. The number of aromatic carboxylic acids is 1. The third-order valence-corrected chi connectivity index (χ3v) is 5.29. The van der Waals surface area contributed by atoms with E-state index in [-0.39, 0.29) is 18.1 Å². The number of rotatable bonds is 5. The summed E-state index contributed by atoms with van der Waals surface area (Å²) in [6.07, 6.45) is 0. The Hall–Kier alpha value is -1.63. The normalized spacial score (nSPS) is 12.2. The molecule has 0 radical (unpaired) electrons. The van der Waals surface area contributed by atoms with Crippen LogP contribution in [-0.4, -0.2) is 36.6 Å². The van der Waals surface area contributed by atoms with Crippen LogP contribution in [0.3, 0.4) is 0 Å². The maximum Gasteiger partial charge on any atom is 0.338 e. The highest BCUT2D eigenvalue weighted by Crippen LogP contribution is 2.19.